The highest BCUT2D eigenvalue weighted by molar-refractivity contribution is 7.86. The molecule has 1 N–H and O–H groups in total. The Bertz CT molecular complexity index is 417. The van der Waals surface area contributed by atoms with E-state index in [1.54, 1.807) is 8.61 Å². The van der Waals surface area contributed by atoms with Crippen molar-refractivity contribution in [1.29, 1.82) is 0 Å². The van der Waals surface area contributed by atoms with Crippen molar-refractivity contribution in [1.82, 2.24) is 13.5 Å². The minimum Gasteiger partial charge on any atom is -0.396 e. The van der Waals surface area contributed by atoms with Gasteiger partial charge in [0.1, 0.15) is 0 Å². The van der Waals surface area contributed by atoms with Gasteiger partial charge in [-0.05, 0) is 38.3 Å². The number of hydrogen-bond donors (Lipinski definition) is 1. The third kappa shape index (κ3) is 3.76. The van der Waals surface area contributed by atoms with Crippen LogP contribution in [0.3, 0.4) is 0 Å². The van der Waals surface area contributed by atoms with Crippen molar-refractivity contribution in [2.24, 2.45) is 5.92 Å². The van der Waals surface area contributed by atoms with Crippen molar-refractivity contribution in [3.63, 3.8) is 0 Å². The molecule has 2 saturated heterocycles. The molecule has 6 nitrogen and oxygen atoms in total. The van der Waals surface area contributed by atoms with Crippen LogP contribution in [0.1, 0.15) is 33.1 Å². The Balaban J connectivity index is 1.95. The van der Waals surface area contributed by atoms with E-state index in [0.29, 0.717) is 32.2 Å². The highest BCUT2D eigenvalue weighted by Crippen LogP contribution is 2.25. The van der Waals surface area contributed by atoms with Crippen LogP contribution in [0.25, 0.3) is 0 Å². The van der Waals surface area contributed by atoms with Crippen LogP contribution in [-0.2, 0) is 10.2 Å². The lowest BCUT2D eigenvalue weighted by atomic mass is 10.00. The summed E-state index contributed by atoms with van der Waals surface area (Å²) in [6, 6.07) is 0.352. The summed E-state index contributed by atoms with van der Waals surface area (Å²) in [5.41, 5.74) is 0. The molecule has 0 radical (unpaired) electrons. The van der Waals surface area contributed by atoms with E-state index in [1.165, 1.54) is 0 Å². The van der Waals surface area contributed by atoms with E-state index in [1.807, 2.05) is 0 Å². The Hall–Kier alpha value is -0.210. The van der Waals surface area contributed by atoms with Crippen LogP contribution in [0, 0.1) is 5.92 Å². The van der Waals surface area contributed by atoms with E-state index in [-0.39, 0.29) is 12.5 Å². The van der Waals surface area contributed by atoms with Crippen LogP contribution in [-0.4, -0.2) is 79.0 Å². The molecule has 124 valence electrons. The van der Waals surface area contributed by atoms with E-state index in [4.69, 9.17) is 5.11 Å². The largest absolute Gasteiger partial charge is 0.396 e. The van der Waals surface area contributed by atoms with Crippen molar-refractivity contribution in [2.75, 3.05) is 45.9 Å². The van der Waals surface area contributed by atoms with Crippen LogP contribution < -0.4 is 0 Å². The molecule has 0 saturated carbocycles. The minimum absolute atomic E-state index is 0.168. The van der Waals surface area contributed by atoms with E-state index in [9.17, 15) is 8.42 Å². The molecule has 2 rings (SSSR count). The van der Waals surface area contributed by atoms with Crippen molar-refractivity contribution in [3.8, 4) is 0 Å². The third-order valence-corrected chi connectivity index (χ3v) is 6.94. The van der Waals surface area contributed by atoms with Gasteiger partial charge in [0.25, 0.3) is 10.2 Å². The average Bonchev–Trinajstić information content (AvgIpc) is 2.99. The number of rotatable bonds is 6. The number of nitrogens with zero attached hydrogens (tertiary/aromatic N) is 3. The van der Waals surface area contributed by atoms with Crippen molar-refractivity contribution >= 4 is 10.2 Å². The normalized spacial score (nSPS) is 26.8. The standard InChI is InChI=1S/C14H29N3O3S/c1-3-15(4-2)14-7-10-17(11-14)21(19,20)16-8-5-13(12-18)6-9-16/h13-14,18H,3-12H2,1-2H3. The van der Waals surface area contributed by atoms with Crippen molar-refractivity contribution in [3.05, 3.63) is 0 Å². The topological polar surface area (TPSA) is 64.1 Å². The van der Waals surface area contributed by atoms with Gasteiger partial charge in [-0.3, -0.25) is 4.90 Å². The van der Waals surface area contributed by atoms with Gasteiger partial charge in [0.15, 0.2) is 0 Å². The quantitative estimate of drug-likeness (QED) is 0.767. The van der Waals surface area contributed by atoms with Gasteiger partial charge in [-0.25, -0.2) is 0 Å². The molecule has 0 bridgehead atoms. The first-order valence-electron chi connectivity index (χ1n) is 8.13. The molecule has 0 aromatic rings. The number of aliphatic hydroxyl groups excluding tert-OH is 1. The molecule has 0 aliphatic carbocycles. The zero-order valence-corrected chi connectivity index (χ0v) is 14.1. The molecule has 2 heterocycles. The van der Waals surface area contributed by atoms with Gasteiger partial charge < -0.3 is 5.11 Å². The molecule has 2 aliphatic heterocycles. The first-order valence-corrected chi connectivity index (χ1v) is 9.52. The molecule has 1 atom stereocenters. The molecule has 0 aromatic carbocycles. The lowest BCUT2D eigenvalue weighted by Crippen LogP contribution is -2.47. The maximum atomic E-state index is 12.7. The summed E-state index contributed by atoms with van der Waals surface area (Å²) in [5, 5.41) is 9.16. The molecule has 2 fully saturated rings. The summed E-state index contributed by atoms with van der Waals surface area (Å²) in [4.78, 5) is 2.34. The Morgan fingerprint density at radius 2 is 1.62 bits per heavy atom. The molecule has 21 heavy (non-hydrogen) atoms. The first kappa shape index (κ1) is 17.1. The average molecular weight is 319 g/mol. The number of likely N-dealkylation sites (N-methyl/N-ethyl adjacent to an activating group) is 1. The molecule has 0 spiro atoms. The summed E-state index contributed by atoms with van der Waals surface area (Å²) in [6.45, 7) is 8.68. The zero-order chi connectivity index (χ0) is 15.5. The Labute approximate surface area is 128 Å². The fraction of sp³-hybridized carbons (Fsp3) is 1.00. The summed E-state index contributed by atoms with van der Waals surface area (Å²) < 4.78 is 28.6. The number of hydrogen-bond acceptors (Lipinski definition) is 4. The van der Waals surface area contributed by atoms with Crippen LogP contribution >= 0.6 is 0 Å². The Morgan fingerprint density at radius 3 is 2.14 bits per heavy atom. The van der Waals surface area contributed by atoms with Gasteiger partial charge in [0, 0.05) is 38.8 Å². The first-order chi connectivity index (χ1) is 10.0. The molecule has 1 unspecified atom stereocenters. The van der Waals surface area contributed by atoms with Gasteiger partial charge in [0.2, 0.25) is 0 Å². The second-order valence-corrected chi connectivity index (χ2v) is 7.98. The second-order valence-electron chi connectivity index (χ2n) is 6.05. The predicted molar refractivity (Wildman–Crippen MR) is 83.2 cm³/mol. The second kappa shape index (κ2) is 7.37. The van der Waals surface area contributed by atoms with E-state index in [0.717, 1.165) is 32.4 Å². The van der Waals surface area contributed by atoms with E-state index >= 15 is 0 Å². The molecular weight excluding hydrogens is 290 g/mol. The van der Waals surface area contributed by atoms with E-state index < -0.39 is 10.2 Å². The van der Waals surface area contributed by atoms with Gasteiger partial charge in [-0.2, -0.15) is 17.0 Å². The maximum absolute atomic E-state index is 12.7. The highest BCUT2D eigenvalue weighted by Gasteiger charge is 2.38. The molecule has 0 amide bonds. The molecule has 2 aliphatic rings. The van der Waals surface area contributed by atoms with Crippen LogP contribution in [0.4, 0.5) is 0 Å². The zero-order valence-electron chi connectivity index (χ0n) is 13.2. The predicted octanol–water partition coefficient (Wildman–Crippen LogP) is 0.352. The summed E-state index contributed by atoms with van der Waals surface area (Å²) in [6.07, 6.45) is 2.46. The monoisotopic (exact) mass is 319 g/mol. The Kier molecular flexibility index (Phi) is 6.02. The lowest BCUT2D eigenvalue weighted by molar-refractivity contribution is 0.166. The van der Waals surface area contributed by atoms with Gasteiger partial charge in [0.05, 0.1) is 0 Å². The summed E-state index contributed by atoms with van der Waals surface area (Å²) in [5.74, 6) is 0.262. The SMILES string of the molecule is CCN(CC)C1CCN(S(=O)(=O)N2CCC(CO)CC2)C1. The van der Waals surface area contributed by atoms with Gasteiger partial charge >= 0.3 is 0 Å². The maximum Gasteiger partial charge on any atom is 0.282 e. The number of aliphatic hydroxyl groups is 1. The number of piperidine rings is 1. The van der Waals surface area contributed by atoms with Crippen molar-refractivity contribution in [2.45, 2.75) is 39.2 Å². The molecular formula is C14H29N3O3S. The van der Waals surface area contributed by atoms with E-state index in [2.05, 4.69) is 18.7 Å². The summed E-state index contributed by atoms with van der Waals surface area (Å²) >= 11 is 0. The summed E-state index contributed by atoms with van der Waals surface area (Å²) in [7, 11) is -3.32. The lowest BCUT2D eigenvalue weighted by Gasteiger charge is -2.33. The molecule has 0 aromatic heterocycles. The Morgan fingerprint density at radius 1 is 1.05 bits per heavy atom. The fourth-order valence-corrected chi connectivity index (χ4v) is 5.14. The van der Waals surface area contributed by atoms with Crippen LogP contribution in [0.15, 0.2) is 0 Å². The smallest absolute Gasteiger partial charge is 0.282 e. The van der Waals surface area contributed by atoms with Crippen LogP contribution in [0.5, 0.6) is 0 Å². The minimum atomic E-state index is -3.32. The van der Waals surface area contributed by atoms with Gasteiger partial charge in [-0.15, -0.1) is 0 Å². The van der Waals surface area contributed by atoms with Gasteiger partial charge in [-0.1, -0.05) is 13.8 Å². The fourth-order valence-electron chi connectivity index (χ4n) is 3.44. The van der Waals surface area contributed by atoms with Crippen LogP contribution in [0.2, 0.25) is 0 Å². The third-order valence-electron chi connectivity index (χ3n) is 4.94. The highest BCUT2D eigenvalue weighted by atomic mass is 32.2. The van der Waals surface area contributed by atoms with Crippen molar-refractivity contribution < 1.29 is 13.5 Å². The molecule has 7 heteroatoms.